The highest BCUT2D eigenvalue weighted by Crippen LogP contribution is 2.43. The van der Waals surface area contributed by atoms with Crippen LogP contribution < -0.4 is 4.90 Å². The summed E-state index contributed by atoms with van der Waals surface area (Å²) in [5, 5.41) is 15.0. The zero-order valence-corrected chi connectivity index (χ0v) is 16.3. The van der Waals surface area contributed by atoms with E-state index in [0.29, 0.717) is 55.2 Å². The number of fused-ring (bicyclic) bond motifs is 1. The minimum atomic E-state index is -4.53. The summed E-state index contributed by atoms with van der Waals surface area (Å²) in [7, 11) is 0. The standard InChI is InChI=1S/C20H20F3N5O2/c1-11-8-13(20(21,22)23)9-16(29)17(11)14-10-15(12-2-3-12)28-18(24-14)25-19(26-28)27-4-6-30-7-5-27/h8-10,12,29H,2-7H2,1H3. The summed E-state index contributed by atoms with van der Waals surface area (Å²) in [6.45, 7) is 4.10. The van der Waals surface area contributed by atoms with Gasteiger partial charge >= 0.3 is 6.18 Å². The van der Waals surface area contributed by atoms with Crippen LogP contribution in [0, 0.1) is 6.92 Å². The third kappa shape index (κ3) is 3.34. The van der Waals surface area contributed by atoms with Gasteiger partial charge in [0.25, 0.3) is 5.78 Å². The molecule has 7 nitrogen and oxygen atoms in total. The summed E-state index contributed by atoms with van der Waals surface area (Å²) in [4.78, 5) is 11.1. The Morgan fingerprint density at radius 2 is 1.83 bits per heavy atom. The van der Waals surface area contributed by atoms with Crippen molar-refractivity contribution in [1.29, 1.82) is 0 Å². The first kappa shape index (κ1) is 19.1. The molecule has 1 saturated carbocycles. The molecule has 158 valence electrons. The molecule has 0 unspecified atom stereocenters. The molecule has 2 aromatic heterocycles. The third-order valence-corrected chi connectivity index (χ3v) is 5.52. The highest BCUT2D eigenvalue weighted by atomic mass is 19.4. The lowest BCUT2D eigenvalue weighted by Gasteiger charge is -2.25. The quantitative estimate of drug-likeness (QED) is 0.700. The van der Waals surface area contributed by atoms with Gasteiger partial charge in [0.05, 0.1) is 30.2 Å². The maximum atomic E-state index is 13.1. The fourth-order valence-corrected chi connectivity index (χ4v) is 3.84. The van der Waals surface area contributed by atoms with Gasteiger partial charge in [0, 0.05) is 24.6 Å². The van der Waals surface area contributed by atoms with Crippen molar-refractivity contribution in [2.24, 2.45) is 0 Å². The number of hydrogen-bond acceptors (Lipinski definition) is 6. The molecule has 2 fully saturated rings. The van der Waals surface area contributed by atoms with Crippen molar-refractivity contribution < 1.29 is 23.0 Å². The molecule has 0 atom stereocenters. The second kappa shape index (κ2) is 6.83. The predicted octanol–water partition coefficient (Wildman–Crippen LogP) is 3.54. The number of alkyl halides is 3. The smallest absolute Gasteiger partial charge is 0.416 e. The molecule has 1 aliphatic carbocycles. The van der Waals surface area contributed by atoms with Gasteiger partial charge in [-0.1, -0.05) is 0 Å². The van der Waals surface area contributed by atoms with Crippen molar-refractivity contribution in [2.45, 2.75) is 31.9 Å². The molecule has 5 rings (SSSR count). The lowest BCUT2D eigenvalue weighted by Crippen LogP contribution is -2.36. The van der Waals surface area contributed by atoms with E-state index in [9.17, 15) is 18.3 Å². The van der Waals surface area contributed by atoms with Crippen molar-refractivity contribution in [2.75, 3.05) is 31.2 Å². The van der Waals surface area contributed by atoms with Crippen LogP contribution in [0.25, 0.3) is 17.0 Å². The van der Waals surface area contributed by atoms with Crippen molar-refractivity contribution in [3.8, 4) is 17.0 Å². The zero-order chi connectivity index (χ0) is 21.0. The van der Waals surface area contributed by atoms with Crippen molar-refractivity contribution in [3.05, 3.63) is 35.0 Å². The van der Waals surface area contributed by atoms with Crippen LogP contribution in [-0.2, 0) is 10.9 Å². The molecule has 3 aromatic rings. The molecule has 2 aliphatic rings. The maximum absolute atomic E-state index is 13.1. The number of ether oxygens (including phenoxy) is 1. The molecule has 1 aliphatic heterocycles. The zero-order valence-electron chi connectivity index (χ0n) is 16.3. The first-order chi connectivity index (χ1) is 14.3. The van der Waals surface area contributed by atoms with Crippen LogP contribution in [0.5, 0.6) is 5.75 Å². The minimum absolute atomic E-state index is 0.281. The number of aryl methyl sites for hydroxylation is 1. The number of halogens is 3. The number of aromatic hydroxyl groups is 1. The summed E-state index contributed by atoms with van der Waals surface area (Å²) < 4.78 is 46.3. The van der Waals surface area contributed by atoms with Gasteiger partial charge in [0.15, 0.2) is 0 Å². The van der Waals surface area contributed by atoms with Crippen LogP contribution in [0.1, 0.15) is 35.6 Å². The van der Waals surface area contributed by atoms with Crippen LogP contribution >= 0.6 is 0 Å². The van der Waals surface area contributed by atoms with Crippen molar-refractivity contribution in [3.63, 3.8) is 0 Å². The van der Waals surface area contributed by atoms with Crippen LogP contribution in [-0.4, -0.2) is 51.0 Å². The highest BCUT2D eigenvalue weighted by Gasteiger charge is 2.33. The van der Waals surface area contributed by atoms with Gasteiger partial charge in [-0.2, -0.15) is 22.7 Å². The summed E-state index contributed by atoms with van der Waals surface area (Å²) in [5.41, 5.74) is 0.994. The average molecular weight is 419 g/mol. The van der Waals surface area contributed by atoms with Gasteiger partial charge < -0.3 is 14.7 Å². The summed E-state index contributed by atoms with van der Waals surface area (Å²) in [6, 6.07) is 3.58. The number of benzene rings is 1. The molecule has 1 aromatic carbocycles. The van der Waals surface area contributed by atoms with Gasteiger partial charge in [-0.3, -0.25) is 0 Å². The molecule has 1 saturated heterocycles. The molecule has 0 bridgehead atoms. The maximum Gasteiger partial charge on any atom is 0.416 e. The SMILES string of the molecule is Cc1cc(C(F)(F)F)cc(O)c1-c1cc(C2CC2)n2nc(N3CCOCC3)nc2n1. The Bertz CT molecular complexity index is 1090. The monoisotopic (exact) mass is 419 g/mol. The number of morpholine rings is 1. The van der Waals surface area contributed by atoms with Crippen molar-refractivity contribution in [1.82, 2.24) is 19.6 Å². The van der Waals surface area contributed by atoms with E-state index in [1.807, 2.05) is 4.90 Å². The first-order valence-electron chi connectivity index (χ1n) is 9.83. The van der Waals surface area contributed by atoms with Crippen LogP contribution in [0.3, 0.4) is 0 Å². The third-order valence-electron chi connectivity index (χ3n) is 5.52. The molecular formula is C20H20F3N5O2. The van der Waals surface area contributed by atoms with Gasteiger partial charge in [-0.05, 0) is 43.5 Å². The second-order valence-electron chi connectivity index (χ2n) is 7.75. The summed E-state index contributed by atoms with van der Waals surface area (Å²) in [6.07, 6.45) is -2.52. The predicted molar refractivity (Wildman–Crippen MR) is 103 cm³/mol. The Morgan fingerprint density at radius 1 is 1.10 bits per heavy atom. The molecule has 0 spiro atoms. The topological polar surface area (TPSA) is 75.8 Å². The number of aromatic nitrogens is 4. The summed E-state index contributed by atoms with van der Waals surface area (Å²) in [5.74, 6) is 0.770. The van der Waals surface area contributed by atoms with E-state index in [4.69, 9.17) is 4.74 Å². The number of phenols is 1. The van der Waals surface area contributed by atoms with E-state index in [1.54, 1.807) is 10.6 Å². The molecule has 3 heterocycles. The molecular weight excluding hydrogens is 399 g/mol. The van der Waals surface area contributed by atoms with E-state index >= 15 is 0 Å². The number of rotatable bonds is 3. The molecule has 10 heteroatoms. The molecule has 0 radical (unpaired) electrons. The van der Waals surface area contributed by atoms with Crippen molar-refractivity contribution >= 4 is 11.7 Å². The largest absolute Gasteiger partial charge is 0.507 e. The normalized spacial score (nSPS) is 17.7. The number of nitrogens with zero attached hydrogens (tertiary/aromatic N) is 5. The fourth-order valence-electron chi connectivity index (χ4n) is 3.84. The van der Waals surface area contributed by atoms with E-state index in [2.05, 4.69) is 15.1 Å². The number of anilines is 1. The van der Waals surface area contributed by atoms with E-state index < -0.39 is 17.5 Å². The second-order valence-corrected chi connectivity index (χ2v) is 7.75. The Kier molecular flexibility index (Phi) is 4.35. The Balaban J connectivity index is 1.63. The summed E-state index contributed by atoms with van der Waals surface area (Å²) >= 11 is 0. The first-order valence-corrected chi connectivity index (χ1v) is 9.83. The Hall–Kier alpha value is -2.88. The fraction of sp³-hybridized carbons (Fsp3) is 0.450. The molecule has 30 heavy (non-hydrogen) atoms. The number of phenolic OH excluding ortho intramolecular Hbond substituents is 1. The Labute approximate surface area is 170 Å². The van der Waals surface area contributed by atoms with Crippen LogP contribution in [0.15, 0.2) is 18.2 Å². The van der Waals surface area contributed by atoms with Gasteiger partial charge in [-0.25, -0.2) is 4.98 Å². The van der Waals surface area contributed by atoms with Crippen LogP contribution in [0.2, 0.25) is 0 Å². The van der Waals surface area contributed by atoms with E-state index in [-0.39, 0.29) is 5.56 Å². The molecule has 1 N–H and O–H groups in total. The molecule has 0 amide bonds. The Morgan fingerprint density at radius 3 is 2.47 bits per heavy atom. The lowest BCUT2D eigenvalue weighted by molar-refractivity contribution is -0.137. The highest BCUT2D eigenvalue weighted by molar-refractivity contribution is 5.73. The van der Waals surface area contributed by atoms with E-state index in [1.165, 1.54) is 6.92 Å². The van der Waals surface area contributed by atoms with Gasteiger partial charge in [0.1, 0.15) is 5.75 Å². The minimum Gasteiger partial charge on any atom is -0.507 e. The number of hydrogen-bond donors (Lipinski definition) is 1. The van der Waals surface area contributed by atoms with Crippen LogP contribution in [0.4, 0.5) is 19.1 Å². The van der Waals surface area contributed by atoms with E-state index in [0.717, 1.165) is 30.7 Å². The lowest BCUT2D eigenvalue weighted by atomic mass is 10.00. The van der Waals surface area contributed by atoms with Gasteiger partial charge in [-0.15, -0.1) is 5.10 Å². The van der Waals surface area contributed by atoms with Gasteiger partial charge in [0.2, 0.25) is 5.95 Å². The average Bonchev–Trinajstić information content (AvgIpc) is 3.45.